The highest BCUT2D eigenvalue weighted by Crippen LogP contribution is 2.20. The third kappa shape index (κ3) is 4.05. The summed E-state index contributed by atoms with van der Waals surface area (Å²) in [5.74, 6) is 0.993. The molecule has 2 heteroatoms. The SMILES string of the molecule is CCCCCOc1cccc(SC)c1. The molecule has 1 aromatic carbocycles. The third-order valence-electron chi connectivity index (χ3n) is 2.06. The minimum atomic E-state index is 0.839. The van der Waals surface area contributed by atoms with Gasteiger partial charge in [-0.1, -0.05) is 25.8 Å². The summed E-state index contributed by atoms with van der Waals surface area (Å²) in [4.78, 5) is 1.26. The molecule has 0 atom stereocenters. The lowest BCUT2D eigenvalue weighted by Crippen LogP contribution is -1.96. The van der Waals surface area contributed by atoms with Gasteiger partial charge in [0.05, 0.1) is 6.61 Å². The highest BCUT2D eigenvalue weighted by atomic mass is 32.2. The monoisotopic (exact) mass is 210 g/mol. The van der Waals surface area contributed by atoms with Gasteiger partial charge in [0, 0.05) is 4.90 Å². The van der Waals surface area contributed by atoms with Crippen LogP contribution >= 0.6 is 11.8 Å². The number of hydrogen-bond donors (Lipinski definition) is 0. The largest absolute Gasteiger partial charge is 0.494 e. The second-order valence-corrected chi connectivity index (χ2v) is 4.11. The van der Waals surface area contributed by atoms with Crippen molar-refractivity contribution in [2.75, 3.05) is 12.9 Å². The fourth-order valence-corrected chi connectivity index (χ4v) is 1.68. The lowest BCUT2D eigenvalue weighted by atomic mass is 10.3. The van der Waals surface area contributed by atoms with E-state index in [1.807, 2.05) is 12.1 Å². The molecule has 78 valence electrons. The Labute approximate surface area is 90.9 Å². The van der Waals surface area contributed by atoms with Crippen LogP contribution in [-0.2, 0) is 0 Å². The fraction of sp³-hybridized carbons (Fsp3) is 0.500. The van der Waals surface area contributed by atoms with Crippen molar-refractivity contribution in [2.45, 2.75) is 31.1 Å². The molecule has 0 amide bonds. The molecule has 1 nitrogen and oxygen atoms in total. The number of benzene rings is 1. The second-order valence-electron chi connectivity index (χ2n) is 3.23. The predicted molar refractivity (Wildman–Crippen MR) is 63.2 cm³/mol. The van der Waals surface area contributed by atoms with Crippen LogP contribution in [0, 0.1) is 0 Å². The van der Waals surface area contributed by atoms with E-state index in [4.69, 9.17) is 4.74 Å². The summed E-state index contributed by atoms with van der Waals surface area (Å²) in [5, 5.41) is 0. The van der Waals surface area contributed by atoms with Crippen molar-refractivity contribution in [1.82, 2.24) is 0 Å². The van der Waals surface area contributed by atoms with Crippen molar-refractivity contribution in [3.63, 3.8) is 0 Å². The number of hydrogen-bond acceptors (Lipinski definition) is 2. The smallest absolute Gasteiger partial charge is 0.120 e. The minimum Gasteiger partial charge on any atom is -0.494 e. The van der Waals surface area contributed by atoms with Crippen molar-refractivity contribution in [2.24, 2.45) is 0 Å². The molecule has 0 aliphatic rings. The summed E-state index contributed by atoms with van der Waals surface area (Å²) in [6.45, 7) is 3.04. The van der Waals surface area contributed by atoms with Gasteiger partial charge in [0.25, 0.3) is 0 Å². The molecular formula is C12H18OS. The Bertz CT molecular complexity index is 260. The molecule has 0 N–H and O–H groups in total. The Hall–Kier alpha value is -0.630. The topological polar surface area (TPSA) is 9.23 Å². The van der Waals surface area contributed by atoms with E-state index in [0.29, 0.717) is 0 Å². The maximum absolute atomic E-state index is 5.64. The van der Waals surface area contributed by atoms with Crippen molar-refractivity contribution in [3.05, 3.63) is 24.3 Å². The number of unbranched alkanes of at least 4 members (excludes halogenated alkanes) is 2. The first-order valence-corrected chi connectivity index (χ1v) is 6.36. The van der Waals surface area contributed by atoms with Crippen molar-refractivity contribution in [1.29, 1.82) is 0 Å². The van der Waals surface area contributed by atoms with Gasteiger partial charge < -0.3 is 4.74 Å². The van der Waals surface area contributed by atoms with Gasteiger partial charge in [0.1, 0.15) is 5.75 Å². The van der Waals surface area contributed by atoms with Gasteiger partial charge in [-0.25, -0.2) is 0 Å². The molecule has 0 bridgehead atoms. The maximum atomic E-state index is 5.64. The number of thioether (sulfide) groups is 1. The second kappa shape index (κ2) is 6.77. The Kier molecular flexibility index (Phi) is 5.53. The molecule has 0 spiro atoms. The van der Waals surface area contributed by atoms with Gasteiger partial charge in [-0.05, 0) is 30.9 Å². The molecular weight excluding hydrogens is 192 g/mol. The summed E-state index contributed by atoms with van der Waals surface area (Å²) in [5.41, 5.74) is 0. The molecule has 0 aliphatic carbocycles. The van der Waals surface area contributed by atoms with Crippen LogP contribution in [0.3, 0.4) is 0 Å². The van der Waals surface area contributed by atoms with E-state index in [1.54, 1.807) is 11.8 Å². The van der Waals surface area contributed by atoms with Crippen LogP contribution in [0.2, 0.25) is 0 Å². The summed E-state index contributed by atoms with van der Waals surface area (Å²) in [6, 6.07) is 8.26. The molecule has 0 unspecified atom stereocenters. The molecule has 1 aromatic rings. The molecule has 0 fully saturated rings. The molecule has 0 saturated carbocycles. The van der Waals surface area contributed by atoms with Gasteiger partial charge in [0.15, 0.2) is 0 Å². The summed E-state index contributed by atoms with van der Waals surface area (Å²) in [7, 11) is 0. The minimum absolute atomic E-state index is 0.839. The highest BCUT2D eigenvalue weighted by molar-refractivity contribution is 7.98. The van der Waals surface area contributed by atoms with Gasteiger partial charge in [-0.3, -0.25) is 0 Å². The molecule has 0 aliphatic heterocycles. The summed E-state index contributed by atoms with van der Waals surface area (Å²) >= 11 is 1.75. The van der Waals surface area contributed by atoms with E-state index in [0.717, 1.165) is 18.8 Å². The standard InChI is InChI=1S/C12H18OS/c1-3-4-5-9-13-11-7-6-8-12(10-11)14-2/h6-8,10H,3-5,9H2,1-2H3. The summed E-state index contributed by atoms with van der Waals surface area (Å²) in [6.07, 6.45) is 5.73. The average molecular weight is 210 g/mol. The summed E-state index contributed by atoms with van der Waals surface area (Å²) < 4.78 is 5.64. The first-order chi connectivity index (χ1) is 6.86. The van der Waals surface area contributed by atoms with Crippen LogP contribution < -0.4 is 4.74 Å². The van der Waals surface area contributed by atoms with Crippen LogP contribution in [0.25, 0.3) is 0 Å². The Morgan fingerprint density at radius 1 is 1.29 bits per heavy atom. The van der Waals surface area contributed by atoms with Gasteiger partial charge in [-0.2, -0.15) is 0 Å². The maximum Gasteiger partial charge on any atom is 0.120 e. The molecule has 1 rings (SSSR count). The first-order valence-electron chi connectivity index (χ1n) is 5.13. The zero-order valence-corrected chi connectivity index (χ0v) is 9.77. The van der Waals surface area contributed by atoms with Gasteiger partial charge in [-0.15, -0.1) is 11.8 Å². The fourth-order valence-electron chi connectivity index (χ4n) is 1.23. The number of rotatable bonds is 6. The van der Waals surface area contributed by atoms with E-state index in [1.165, 1.54) is 17.7 Å². The van der Waals surface area contributed by atoms with Crippen LogP contribution in [-0.4, -0.2) is 12.9 Å². The van der Waals surface area contributed by atoms with Crippen molar-refractivity contribution < 1.29 is 4.74 Å². The van der Waals surface area contributed by atoms with Crippen LogP contribution in [0.1, 0.15) is 26.2 Å². The van der Waals surface area contributed by atoms with E-state index in [-0.39, 0.29) is 0 Å². The normalized spacial score (nSPS) is 10.1. The van der Waals surface area contributed by atoms with E-state index in [9.17, 15) is 0 Å². The molecule has 0 saturated heterocycles. The molecule has 0 heterocycles. The lowest BCUT2D eigenvalue weighted by molar-refractivity contribution is 0.305. The Morgan fingerprint density at radius 2 is 2.14 bits per heavy atom. The molecule has 14 heavy (non-hydrogen) atoms. The zero-order valence-electron chi connectivity index (χ0n) is 8.95. The highest BCUT2D eigenvalue weighted by Gasteiger charge is 1.95. The van der Waals surface area contributed by atoms with Gasteiger partial charge in [0.2, 0.25) is 0 Å². The lowest BCUT2D eigenvalue weighted by Gasteiger charge is -2.06. The first kappa shape index (κ1) is 11.4. The van der Waals surface area contributed by atoms with Crippen molar-refractivity contribution in [3.8, 4) is 5.75 Å². The van der Waals surface area contributed by atoms with E-state index < -0.39 is 0 Å². The van der Waals surface area contributed by atoms with Crippen LogP contribution in [0.4, 0.5) is 0 Å². The van der Waals surface area contributed by atoms with Gasteiger partial charge >= 0.3 is 0 Å². The Balaban J connectivity index is 2.34. The van der Waals surface area contributed by atoms with Crippen molar-refractivity contribution >= 4 is 11.8 Å². The number of ether oxygens (including phenoxy) is 1. The van der Waals surface area contributed by atoms with E-state index in [2.05, 4.69) is 25.3 Å². The zero-order chi connectivity index (χ0) is 10.2. The van der Waals surface area contributed by atoms with Crippen LogP contribution in [0.15, 0.2) is 29.2 Å². The predicted octanol–water partition coefficient (Wildman–Crippen LogP) is 3.98. The average Bonchev–Trinajstić information content (AvgIpc) is 2.25. The van der Waals surface area contributed by atoms with E-state index >= 15 is 0 Å². The van der Waals surface area contributed by atoms with Crippen LogP contribution in [0.5, 0.6) is 5.75 Å². The third-order valence-corrected chi connectivity index (χ3v) is 2.78. The molecule has 0 aromatic heterocycles. The molecule has 0 radical (unpaired) electrons. The quantitative estimate of drug-likeness (QED) is 0.519. The Morgan fingerprint density at radius 3 is 2.86 bits per heavy atom.